The summed E-state index contributed by atoms with van der Waals surface area (Å²) in [5.41, 5.74) is 2.05. The van der Waals surface area contributed by atoms with Crippen molar-refractivity contribution in [1.82, 2.24) is 25.1 Å². The Morgan fingerprint density at radius 1 is 1.00 bits per heavy atom. The van der Waals surface area contributed by atoms with E-state index in [-0.39, 0.29) is 17.4 Å². The van der Waals surface area contributed by atoms with Gasteiger partial charge in [0.1, 0.15) is 11.6 Å². The summed E-state index contributed by atoms with van der Waals surface area (Å²) in [6, 6.07) is 20.9. The van der Waals surface area contributed by atoms with E-state index in [2.05, 4.69) is 57.1 Å². The Morgan fingerprint density at radius 2 is 1.76 bits per heavy atom. The molecule has 0 aliphatic carbocycles. The monoisotopic (exact) mass is 446 g/mol. The van der Waals surface area contributed by atoms with E-state index in [4.69, 9.17) is 4.74 Å². The molecule has 5 rings (SSSR count). The van der Waals surface area contributed by atoms with Crippen LogP contribution in [0.4, 0.5) is 10.2 Å². The number of nitrogens with zero attached hydrogens (tertiary/aromatic N) is 4. The van der Waals surface area contributed by atoms with Crippen LogP contribution in [-0.4, -0.2) is 45.1 Å². The van der Waals surface area contributed by atoms with Crippen molar-refractivity contribution in [3.8, 4) is 11.4 Å². The Morgan fingerprint density at radius 3 is 2.55 bits per heavy atom. The van der Waals surface area contributed by atoms with Crippen LogP contribution in [0.25, 0.3) is 17.0 Å². The van der Waals surface area contributed by atoms with Crippen LogP contribution in [0.3, 0.4) is 0 Å². The zero-order valence-corrected chi connectivity index (χ0v) is 18.5. The third-order valence-electron chi connectivity index (χ3n) is 6.26. The van der Waals surface area contributed by atoms with Crippen LogP contribution >= 0.6 is 0 Å². The van der Waals surface area contributed by atoms with Crippen LogP contribution < -0.4 is 10.6 Å². The molecule has 0 spiro atoms. The van der Waals surface area contributed by atoms with E-state index in [0.29, 0.717) is 42.6 Å². The number of aromatic nitrogens is 4. The van der Waals surface area contributed by atoms with Gasteiger partial charge in [0.15, 0.2) is 11.5 Å². The predicted molar refractivity (Wildman–Crippen MR) is 125 cm³/mol. The highest BCUT2D eigenvalue weighted by molar-refractivity contribution is 5.60. The largest absolute Gasteiger partial charge is 0.381 e. The summed E-state index contributed by atoms with van der Waals surface area (Å²) in [6.45, 7) is 4.30. The molecule has 2 aromatic carbocycles. The number of hydrogen-bond acceptors (Lipinski definition) is 6. The van der Waals surface area contributed by atoms with E-state index >= 15 is 0 Å². The quantitative estimate of drug-likeness (QED) is 0.442. The van der Waals surface area contributed by atoms with Crippen molar-refractivity contribution in [1.29, 1.82) is 0 Å². The van der Waals surface area contributed by atoms with Gasteiger partial charge >= 0.3 is 0 Å². The summed E-state index contributed by atoms with van der Waals surface area (Å²) in [5, 5.41) is 20.3. The Labute approximate surface area is 192 Å². The number of anilines is 1. The van der Waals surface area contributed by atoms with E-state index in [1.807, 2.05) is 18.2 Å². The van der Waals surface area contributed by atoms with Crippen molar-refractivity contribution in [3.05, 3.63) is 78.1 Å². The van der Waals surface area contributed by atoms with Crippen molar-refractivity contribution in [2.75, 3.05) is 25.1 Å². The van der Waals surface area contributed by atoms with Crippen molar-refractivity contribution >= 4 is 11.5 Å². The average Bonchev–Trinajstić information content (AvgIpc) is 3.27. The Bertz CT molecular complexity index is 1220. The molecule has 1 saturated heterocycles. The van der Waals surface area contributed by atoms with Crippen LogP contribution in [-0.2, 0) is 4.74 Å². The van der Waals surface area contributed by atoms with Gasteiger partial charge in [0.05, 0.1) is 5.56 Å². The Balaban J connectivity index is 1.37. The first-order chi connectivity index (χ1) is 16.1. The van der Waals surface area contributed by atoms with Crippen molar-refractivity contribution in [2.45, 2.75) is 31.3 Å². The predicted octanol–water partition coefficient (Wildman–Crippen LogP) is 4.24. The van der Waals surface area contributed by atoms with Crippen molar-refractivity contribution < 1.29 is 9.13 Å². The zero-order valence-electron chi connectivity index (χ0n) is 18.5. The lowest BCUT2D eigenvalue weighted by Gasteiger charge is -2.40. The molecular formula is C25H27FN6O. The fourth-order valence-corrected chi connectivity index (χ4v) is 4.37. The van der Waals surface area contributed by atoms with Gasteiger partial charge in [-0.25, -0.2) is 4.39 Å². The first-order valence-electron chi connectivity index (χ1n) is 11.3. The van der Waals surface area contributed by atoms with Gasteiger partial charge in [0, 0.05) is 31.3 Å². The summed E-state index contributed by atoms with van der Waals surface area (Å²) in [5.74, 6) is 0.704. The first-order valence-corrected chi connectivity index (χ1v) is 11.3. The highest BCUT2D eigenvalue weighted by atomic mass is 19.1. The lowest BCUT2D eigenvalue weighted by Crippen LogP contribution is -2.54. The second kappa shape index (κ2) is 9.25. The number of benzene rings is 2. The highest BCUT2D eigenvalue weighted by Crippen LogP contribution is 2.26. The minimum atomic E-state index is -0.354. The Hall–Kier alpha value is -3.36. The summed E-state index contributed by atoms with van der Waals surface area (Å²) in [6.07, 6.45) is 1.79. The number of fused-ring (bicyclic) bond motifs is 1. The molecule has 1 unspecified atom stereocenters. The molecule has 0 radical (unpaired) electrons. The molecule has 0 amide bonds. The van der Waals surface area contributed by atoms with Gasteiger partial charge in [-0.1, -0.05) is 42.5 Å². The third-order valence-corrected chi connectivity index (χ3v) is 6.26. The number of ether oxygens (including phenoxy) is 1. The number of halogens is 1. The second-order valence-electron chi connectivity index (χ2n) is 8.51. The Kier molecular flexibility index (Phi) is 6.02. The zero-order chi connectivity index (χ0) is 22.7. The maximum Gasteiger partial charge on any atom is 0.188 e. The van der Waals surface area contributed by atoms with Crippen molar-refractivity contribution in [2.24, 2.45) is 0 Å². The average molecular weight is 447 g/mol. The maximum atomic E-state index is 14.3. The lowest BCUT2D eigenvalue weighted by molar-refractivity contribution is 0.0389. The minimum absolute atomic E-state index is 0.133. The molecular weight excluding hydrogens is 419 g/mol. The van der Waals surface area contributed by atoms with Crippen LogP contribution in [0.15, 0.2) is 66.7 Å². The van der Waals surface area contributed by atoms with Crippen LogP contribution in [0.1, 0.15) is 31.4 Å². The van der Waals surface area contributed by atoms with E-state index in [1.165, 1.54) is 11.6 Å². The number of nitrogens with one attached hydrogen (secondary N) is 2. The smallest absolute Gasteiger partial charge is 0.188 e. The van der Waals surface area contributed by atoms with Crippen molar-refractivity contribution in [3.63, 3.8) is 0 Å². The molecule has 0 bridgehead atoms. The molecule has 0 saturated carbocycles. The molecule has 4 aromatic rings. The topological polar surface area (TPSA) is 76.4 Å². The summed E-state index contributed by atoms with van der Waals surface area (Å²) in [7, 11) is 0. The summed E-state index contributed by atoms with van der Waals surface area (Å²) >= 11 is 0. The molecule has 7 nitrogen and oxygen atoms in total. The van der Waals surface area contributed by atoms with Crippen LogP contribution in [0.5, 0.6) is 0 Å². The first kappa shape index (κ1) is 21.5. The molecule has 170 valence electrons. The molecule has 1 fully saturated rings. The molecule has 1 aliphatic rings. The van der Waals surface area contributed by atoms with Crippen LogP contribution in [0, 0.1) is 5.82 Å². The lowest BCUT2D eigenvalue weighted by atomic mass is 9.88. The van der Waals surface area contributed by atoms with Gasteiger partial charge in [0.2, 0.25) is 0 Å². The fourth-order valence-electron chi connectivity index (χ4n) is 4.37. The van der Waals surface area contributed by atoms with Gasteiger partial charge < -0.3 is 15.4 Å². The number of rotatable bonds is 7. The van der Waals surface area contributed by atoms with Gasteiger partial charge in [-0.05, 0) is 49.6 Å². The molecule has 1 aliphatic heterocycles. The third kappa shape index (κ3) is 4.58. The molecule has 3 heterocycles. The molecule has 33 heavy (non-hydrogen) atoms. The summed E-state index contributed by atoms with van der Waals surface area (Å²) in [4.78, 5) is 0. The van der Waals surface area contributed by atoms with Gasteiger partial charge in [-0.2, -0.15) is 4.52 Å². The van der Waals surface area contributed by atoms with E-state index in [0.717, 1.165) is 12.8 Å². The molecule has 2 aromatic heterocycles. The van der Waals surface area contributed by atoms with E-state index in [1.54, 1.807) is 22.7 Å². The van der Waals surface area contributed by atoms with E-state index in [9.17, 15) is 4.39 Å². The normalized spacial score (nSPS) is 16.5. The van der Waals surface area contributed by atoms with Gasteiger partial charge in [0.25, 0.3) is 0 Å². The SMILES string of the molecule is CC(NC1(CNc2ccc3nnc(-c4ccccc4F)n3n2)CCOCC1)c1ccccc1. The van der Waals surface area contributed by atoms with Crippen LogP contribution in [0.2, 0.25) is 0 Å². The van der Waals surface area contributed by atoms with Gasteiger partial charge in [-0.3, -0.25) is 0 Å². The minimum Gasteiger partial charge on any atom is -0.381 e. The number of hydrogen-bond donors (Lipinski definition) is 2. The standard InChI is InChI=1S/C25H27FN6O/c1-18(19-7-3-2-4-8-19)28-25(13-15-33-16-14-25)17-27-22-11-12-23-29-30-24(32(23)31-22)20-9-5-6-10-21(20)26/h2-12,18,28H,13-17H2,1H3,(H,27,31). The van der Waals surface area contributed by atoms with E-state index < -0.39 is 0 Å². The molecule has 1 atom stereocenters. The fraction of sp³-hybridized carbons (Fsp3) is 0.320. The van der Waals surface area contributed by atoms with Gasteiger partial charge in [-0.15, -0.1) is 15.3 Å². The molecule has 8 heteroatoms. The molecule has 2 N–H and O–H groups in total. The highest BCUT2D eigenvalue weighted by Gasteiger charge is 2.34. The maximum absolute atomic E-state index is 14.3. The second-order valence-corrected chi connectivity index (χ2v) is 8.51. The summed E-state index contributed by atoms with van der Waals surface area (Å²) < 4.78 is 21.6.